The van der Waals surface area contributed by atoms with Gasteiger partial charge >= 0.3 is 0 Å². The summed E-state index contributed by atoms with van der Waals surface area (Å²) >= 11 is 0. The van der Waals surface area contributed by atoms with Crippen molar-refractivity contribution in [2.24, 2.45) is 5.84 Å². The Labute approximate surface area is 112 Å². The number of nitrogens with two attached hydrogens (primary N) is 2. The van der Waals surface area contributed by atoms with Gasteiger partial charge in [0.05, 0.1) is 12.6 Å². The van der Waals surface area contributed by atoms with Crippen molar-refractivity contribution < 1.29 is 4.74 Å². The van der Waals surface area contributed by atoms with Crippen LogP contribution >= 0.6 is 0 Å². The molecular weight excluding hydrogens is 240 g/mol. The lowest BCUT2D eigenvalue weighted by Gasteiger charge is -2.20. The number of anilines is 1. The summed E-state index contributed by atoms with van der Waals surface area (Å²) in [6.07, 6.45) is 1.65. The number of para-hydroxylation sites is 1. The Morgan fingerprint density at radius 3 is 2.63 bits per heavy atom. The minimum absolute atomic E-state index is 0.253. The van der Waals surface area contributed by atoms with E-state index < -0.39 is 0 Å². The van der Waals surface area contributed by atoms with Crippen molar-refractivity contribution in [2.75, 3.05) is 12.3 Å². The van der Waals surface area contributed by atoms with Crippen molar-refractivity contribution in [2.45, 2.75) is 13.0 Å². The quantitative estimate of drug-likeness (QED) is 0.560. The van der Waals surface area contributed by atoms with E-state index in [1.165, 1.54) is 0 Å². The van der Waals surface area contributed by atoms with E-state index in [2.05, 4.69) is 10.4 Å². The highest BCUT2D eigenvalue weighted by Crippen LogP contribution is 2.31. The SMILES string of the molecule is CCOc1ccccc1C(NN)c1cccnc1N. The molecule has 1 aromatic heterocycles. The van der Waals surface area contributed by atoms with E-state index in [1.807, 2.05) is 43.3 Å². The number of nitrogens with zero attached hydrogens (tertiary/aromatic N) is 1. The molecule has 2 aromatic rings. The number of nitrogens with one attached hydrogen (secondary N) is 1. The van der Waals surface area contributed by atoms with Crippen molar-refractivity contribution >= 4 is 5.82 Å². The molecule has 0 spiro atoms. The summed E-state index contributed by atoms with van der Waals surface area (Å²) in [5, 5.41) is 0. The number of rotatable bonds is 5. The summed E-state index contributed by atoms with van der Waals surface area (Å²) in [6.45, 7) is 2.54. The average Bonchev–Trinajstić information content (AvgIpc) is 2.44. The third-order valence-electron chi connectivity index (χ3n) is 2.88. The van der Waals surface area contributed by atoms with Crippen molar-refractivity contribution in [1.82, 2.24) is 10.4 Å². The van der Waals surface area contributed by atoms with Gasteiger partial charge in [-0.1, -0.05) is 24.3 Å². The zero-order valence-corrected chi connectivity index (χ0v) is 10.8. The monoisotopic (exact) mass is 258 g/mol. The Morgan fingerprint density at radius 1 is 1.21 bits per heavy atom. The highest BCUT2D eigenvalue weighted by Gasteiger charge is 2.19. The first-order chi connectivity index (χ1) is 9.27. The van der Waals surface area contributed by atoms with Gasteiger partial charge in [-0.15, -0.1) is 0 Å². The van der Waals surface area contributed by atoms with Gasteiger partial charge in [0.15, 0.2) is 0 Å². The molecule has 100 valence electrons. The molecule has 5 N–H and O–H groups in total. The predicted octanol–water partition coefficient (Wildman–Crippen LogP) is 1.62. The van der Waals surface area contributed by atoms with Crippen LogP contribution in [0.15, 0.2) is 42.6 Å². The van der Waals surface area contributed by atoms with Gasteiger partial charge in [-0.25, -0.2) is 10.4 Å². The molecule has 1 heterocycles. The molecule has 0 saturated carbocycles. The van der Waals surface area contributed by atoms with Gasteiger partial charge in [-0.2, -0.15) is 0 Å². The summed E-state index contributed by atoms with van der Waals surface area (Å²) < 4.78 is 5.62. The zero-order chi connectivity index (χ0) is 13.7. The number of pyridine rings is 1. The molecule has 19 heavy (non-hydrogen) atoms. The second kappa shape index (κ2) is 6.17. The average molecular weight is 258 g/mol. The van der Waals surface area contributed by atoms with Crippen LogP contribution in [0.4, 0.5) is 5.82 Å². The number of hydrazine groups is 1. The Morgan fingerprint density at radius 2 is 1.95 bits per heavy atom. The van der Waals surface area contributed by atoms with Crippen molar-refractivity contribution in [1.29, 1.82) is 0 Å². The predicted molar refractivity (Wildman–Crippen MR) is 75.4 cm³/mol. The Kier molecular flexibility index (Phi) is 4.33. The number of nitrogen functional groups attached to an aromatic ring is 1. The minimum Gasteiger partial charge on any atom is -0.494 e. The van der Waals surface area contributed by atoms with Gasteiger partial charge in [0, 0.05) is 17.3 Å². The third-order valence-corrected chi connectivity index (χ3v) is 2.88. The van der Waals surface area contributed by atoms with Crippen LogP contribution in [-0.4, -0.2) is 11.6 Å². The highest BCUT2D eigenvalue weighted by atomic mass is 16.5. The maximum atomic E-state index is 5.91. The summed E-state index contributed by atoms with van der Waals surface area (Å²) in [7, 11) is 0. The van der Waals surface area contributed by atoms with Gasteiger partial charge < -0.3 is 10.5 Å². The molecule has 0 aliphatic rings. The molecule has 0 bridgehead atoms. The van der Waals surface area contributed by atoms with Gasteiger partial charge in [0.25, 0.3) is 0 Å². The van der Waals surface area contributed by atoms with Crippen LogP contribution in [0.1, 0.15) is 24.1 Å². The van der Waals surface area contributed by atoms with Crippen LogP contribution in [0.2, 0.25) is 0 Å². The number of hydrogen-bond donors (Lipinski definition) is 3. The molecule has 5 heteroatoms. The number of aromatic nitrogens is 1. The lowest BCUT2D eigenvalue weighted by molar-refractivity contribution is 0.333. The highest BCUT2D eigenvalue weighted by molar-refractivity contribution is 5.49. The van der Waals surface area contributed by atoms with Crippen LogP contribution in [0.3, 0.4) is 0 Å². The van der Waals surface area contributed by atoms with E-state index in [0.29, 0.717) is 12.4 Å². The molecule has 5 nitrogen and oxygen atoms in total. The summed E-state index contributed by atoms with van der Waals surface area (Å²) in [4.78, 5) is 4.09. The molecule has 2 rings (SSSR count). The van der Waals surface area contributed by atoms with Crippen LogP contribution in [-0.2, 0) is 0 Å². The van der Waals surface area contributed by atoms with E-state index in [9.17, 15) is 0 Å². The Bertz CT molecular complexity index is 544. The summed E-state index contributed by atoms with van der Waals surface area (Å²) in [5.41, 5.74) is 10.5. The third kappa shape index (κ3) is 2.83. The van der Waals surface area contributed by atoms with Crippen molar-refractivity contribution in [3.63, 3.8) is 0 Å². The van der Waals surface area contributed by atoms with Crippen LogP contribution in [0.5, 0.6) is 5.75 Å². The van der Waals surface area contributed by atoms with Gasteiger partial charge in [-0.3, -0.25) is 5.84 Å². The van der Waals surface area contributed by atoms with E-state index in [4.69, 9.17) is 16.3 Å². The first-order valence-electron chi connectivity index (χ1n) is 6.16. The standard InChI is InChI=1S/C14H18N4O/c1-2-19-12-8-4-3-6-10(12)13(18-16)11-7-5-9-17-14(11)15/h3-9,13,18H,2,16H2,1H3,(H2,15,17). The minimum atomic E-state index is -0.253. The smallest absolute Gasteiger partial charge is 0.128 e. The molecule has 1 atom stereocenters. The fourth-order valence-corrected chi connectivity index (χ4v) is 2.03. The normalized spacial score (nSPS) is 12.1. The van der Waals surface area contributed by atoms with Gasteiger partial charge in [-0.05, 0) is 19.1 Å². The largest absolute Gasteiger partial charge is 0.494 e. The molecule has 1 unspecified atom stereocenters. The topological polar surface area (TPSA) is 86.2 Å². The lowest BCUT2D eigenvalue weighted by atomic mass is 9.99. The van der Waals surface area contributed by atoms with E-state index in [1.54, 1.807) is 6.20 Å². The maximum absolute atomic E-state index is 5.91. The summed E-state index contributed by atoms with van der Waals surface area (Å²) in [5.74, 6) is 6.93. The number of hydrogen-bond acceptors (Lipinski definition) is 5. The van der Waals surface area contributed by atoms with E-state index >= 15 is 0 Å². The number of ether oxygens (including phenoxy) is 1. The van der Waals surface area contributed by atoms with Gasteiger partial charge in [0.2, 0.25) is 0 Å². The van der Waals surface area contributed by atoms with Crippen molar-refractivity contribution in [3.05, 3.63) is 53.7 Å². The molecule has 0 fully saturated rings. The molecule has 0 saturated heterocycles. The second-order valence-electron chi connectivity index (χ2n) is 4.05. The molecule has 1 aromatic carbocycles. The fraction of sp³-hybridized carbons (Fsp3) is 0.214. The molecular formula is C14H18N4O. The fourth-order valence-electron chi connectivity index (χ4n) is 2.03. The summed E-state index contributed by atoms with van der Waals surface area (Å²) in [6, 6.07) is 11.2. The maximum Gasteiger partial charge on any atom is 0.128 e. The molecule has 0 radical (unpaired) electrons. The first kappa shape index (κ1) is 13.3. The van der Waals surface area contributed by atoms with E-state index in [-0.39, 0.29) is 6.04 Å². The number of benzene rings is 1. The van der Waals surface area contributed by atoms with Crippen LogP contribution in [0.25, 0.3) is 0 Å². The zero-order valence-electron chi connectivity index (χ0n) is 10.8. The first-order valence-corrected chi connectivity index (χ1v) is 6.16. The second-order valence-corrected chi connectivity index (χ2v) is 4.05. The van der Waals surface area contributed by atoms with Gasteiger partial charge in [0.1, 0.15) is 11.6 Å². The lowest BCUT2D eigenvalue weighted by Crippen LogP contribution is -2.30. The Hall–Kier alpha value is -2.11. The molecule has 0 aliphatic carbocycles. The Balaban J connectivity index is 2.45. The molecule has 0 aliphatic heterocycles. The van der Waals surface area contributed by atoms with Crippen LogP contribution in [0, 0.1) is 0 Å². The van der Waals surface area contributed by atoms with Crippen LogP contribution < -0.4 is 21.7 Å². The van der Waals surface area contributed by atoms with E-state index in [0.717, 1.165) is 16.9 Å². The molecule has 0 amide bonds. The van der Waals surface area contributed by atoms with Crippen molar-refractivity contribution in [3.8, 4) is 5.75 Å².